The molecule has 2 heterocycles. The summed E-state index contributed by atoms with van der Waals surface area (Å²) in [5.74, 6) is 0.149. The first-order valence-electron chi connectivity index (χ1n) is 12.2. The first-order chi connectivity index (χ1) is 18.8. The molecule has 0 atom stereocenters. The van der Waals surface area contributed by atoms with Crippen LogP contribution in [0.4, 0.5) is 5.82 Å². The summed E-state index contributed by atoms with van der Waals surface area (Å²) in [5.41, 5.74) is 5.49. The van der Waals surface area contributed by atoms with Crippen LogP contribution in [-0.4, -0.2) is 30.5 Å². The van der Waals surface area contributed by atoms with Crippen molar-refractivity contribution in [2.45, 2.75) is 11.8 Å². The molecule has 5 rings (SSSR count). The van der Waals surface area contributed by atoms with Crippen LogP contribution >= 0.6 is 11.3 Å². The van der Waals surface area contributed by atoms with Crippen molar-refractivity contribution in [3.8, 4) is 32.3 Å². The summed E-state index contributed by atoms with van der Waals surface area (Å²) in [7, 11) is -3.29. The van der Waals surface area contributed by atoms with E-state index in [1.165, 1.54) is 23.7 Å². The van der Waals surface area contributed by atoms with Gasteiger partial charge in [-0.15, -0.1) is 11.3 Å². The Kier molecular flexibility index (Phi) is 7.49. The summed E-state index contributed by atoms with van der Waals surface area (Å²) < 4.78 is 23.8. The van der Waals surface area contributed by atoms with E-state index >= 15 is 0 Å². The van der Waals surface area contributed by atoms with E-state index in [1.54, 1.807) is 36.5 Å². The van der Waals surface area contributed by atoms with E-state index in [9.17, 15) is 13.2 Å². The topological polar surface area (TPSA) is 89.0 Å². The molecule has 1 amide bonds. The number of carbonyl (C=O) groups excluding carboxylic acids is 1. The summed E-state index contributed by atoms with van der Waals surface area (Å²) in [5, 5.41) is 3.60. The number of thiazole rings is 1. The molecule has 0 aliphatic heterocycles. The van der Waals surface area contributed by atoms with Crippen molar-refractivity contribution < 1.29 is 13.2 Å². The number of aryl methyl sites for hydroxylation is 1. The van der Waals surface area contributed by atoms with Crippen molar-refractivity contribution in [3.05, 3.63) is 114 Å². The molecule has 0 aliphatic carbocycles. The molecule has 0 fully saturated rings. The number of amides is 1. The number of benzene rings is 3. The number of nitrogens with zero attached hydrogens (tertiary/aromatic N) is 2. The molecule has 0 bridgehead atoms. The van der Waals surface area contributed by atoms with Gasteiger partial charge in [-0.05, 0) is 54.5 Å². The third kappa shape index (κ3) is 6.37. The molecule has 0 radical (unpaired) electrons. The SMILES string of the molecule is Cc1cccc(-c2nc(-c3ccc(S(C)(=O)=O)cc3)sc2-c2ccnc(NC(=O)C=Cc3ccccc3)c2)c1. The van der Waals surface area contributed by atoms with Gasteiger partial charge in [-0.1, -0.05) is 66.2 Å². The number of nitrogens with one attached hydrogen (secondary N) is 1. The van der Waals surface area contributed by atoms with Crippen LogP contribution in [0.25, 0.3) is 38.3 Å². The van der Waals surface area contributed by atoms with Crippen LogP contribution in [0.2, 0.25) is 0 Å². The van der Waals surface area contributed by atoms with Crippen molar-refractivity contribution in [2.24, 2.45) is 0 Å². The summed E-state index contributed by atoms with van der Waals surface area (Å²) in [4.78, 5) is 23.0. The Balaban J connectivity index is 1.50. The number of hydrogen-bond acceptors (Lipinski definition) is 6. The second-order valence-electron chi connectivity index (χ2n) is 9.03. The van der Waals surface area contributed by atoms with Crippen molar-refractivity contribution in [3.63, 3.8) is 0 Å². The first kappa shape index (κ1) is 26.2. The molecule has 8 heteroatoms. The van der Waals surface area contributed by atoms with Crippen molar-refractivity contribution in [1.29, 1.82) is 0 Å². The highest BCUT2D eigenvalue weighted by atomic mass is 32.2. The van der Waals surface area contributed by atoms with E-state index in [-0.39, 0.29) is 10.8 Å². The normalized spacial score (nSPS) is 11.5. The molecule has 0 saturated carbocycles. The average Bonchev–Trinajstić information content (AvgIpc) is 3.38. The van der Waals surface area contributed by atoms with Crippen LogP contribution in [0.3, 0.4) is 0 Å². The number of pyridine rings is 1. The van der Waals surface area contributed by atoms with Gasteiger partial charge >= 0.3 is 0 Å². The Bertz CT molecular complexity index is 1780. The highest BCUT2D eigenvalue weighted by Crippen LogP contribution is 2.41. The van der Waals surface area contributed by atoms with Gasteiger partial charge in [0.05, 0.1) is 15.5 Å². The predicted octanol–water partition coefficient (Wildman–Crippen LogP) is 6.90. The minimum atomic E-state index is -3.29. The van der Waals surface area contributed by atoms with E-state index in [0.29, 0.717) is 5.82 Å². The lowest BCUT2D eigenvalue weighted by molar-refractivity contribution is -0.111. The second kappa shape index (κ2) is 11.1. The Morgan fingerprint density at radius 1 is 0.872 bits per heavy atom. The van der Waals surface area contributed by atoms with E-state index in [1.807, 2.05) is 67.6 Å². The number of hydrogen-bond donors (Lipinski definition) is 1. The van der Waals surface area contributed by atoms with E-state index in [4.69, 9.17) is 4.98 Å². The monoisotopic (exact) mass is 551 g/mol. The molecule has 6 nitrogen and oxygen atoms in total. The zero-order valence-corrected chi connectivity index (χ0v) is 23.0. The fraction of sp³-hybridized carbons (Fsp3) is 0.0645. The zero-order valence-electron chi connectivity index (χ0n) is 21.3. The maximum Gasteiger partial charge on any atom is 0.249 e. The van der Waals surface area contributed by atoms with Gasteiger partial charge in [0.2, 0.25) is 5.91 Å². The van der Waals surface area contributed by atoms with Crippen LogP contribution in [0.15, 0.2) is 108 Å². The summed E-state index contributed by atoms with van der Waals surface area (Å²) >= 11 is 1.50. The largest absolute Gasteiger partial charge is 0.307 e. The third-order valence-electron chi connectivity index (χ3n) is 5.95. The van der Waals surface area contributed by atoms with Crippen LogP contribution in [0, 0.1) is 6.92 Å². The van der Waals surface area contributed by atoms with Crippen molar-refractivity contribution in [2.75, 3.05) is 11.6 Å². The molecule has 0 unspecified atom stereocenters. The van der Waals surface area contributed by atoms with E-state index in [2.05, 4.69) is 16.4 Å². The predicted molar refractivity (Wildman–Crippen MR) is 158 cm³/mol. The Morgan fingerprint density at radius 3 is 2.36 bits per heavy atom. The minimum Gasteiger partial charge on any atom is -0.307 e. The fourth-order valence-corrected chi connectivity index (χ4v) is 5.74. The quantitative estimate of drug-likeness (QED) is 0.222. The molecule has 0 aliphatic rings. The van der Waals surface area contributed by atoms with Crippen LogP contribution < -0.4 is 5.32 Å². The van der Waals surface area contributed by atoms with Gasteiger partial charge in [-0.25, -0.2) is 18.4 Å². The van der Waals surface area contributed by atoms with E-state index in [0.717, 1.165) is 43.4 Å². The molecule has 0 saturated heterocycles. The third-order valence-corrected chi connectivity index (χ3v) is 8.23. The van der Waals surface area contributed by atoms with Gasteiger partial charge in [0.1, 0.15) is 10.8 Å². The lowest BCUT2D eigenvalue weighted by atomic mass is 10.1. The highest BCUT2D eigenvalue weighted by Gasteiger charge is 2.18. The zero-order chi connectivity index (χ0) is 27.4. The number of rotatable bonds is 7. The molecular weight excluding hydrogens is 526 g/mol. The average molecular weight is 552 g/mol. The molecule has 2 aromatic heterocycles. The Hall–Kier alpha value is -4.40. The molecule has 1 N–H and O–H groups in total. The minimum absolute atomic E-state index is 0.262. The molecule has 194 valence electrons. The first-order valence-corrected chi connectivity index (χ1v) is 14.9. The summed E-state index contributed by atoms with van der Waals surface area (Å²) in [6, 6.07) is 28.2. The lowest BCUT2D eigenvalue weighted by Crippen LogP contribution is -2.09. The van der Waals surface area contributed by atoms with Gasteiger partial charge in [-0.2, -0.15) is 0 Å². The van der Waals surface area contributed by atoms with Gasteiger partial charge in [-0.3, -0.25) is 4.79 Å². The van der Waals surface area contributed by atoms with Gasteiger partial charge in [0, 0.05) is 29.7 Å². The summed E-state index contributed by atoms with van der Waals surface area (Å²) in [6.45, 7) is 2.03. The Labute approximate surface area is 231 Å². The lowest BCUT2D eigenvalue weighted by Gasteiger charge is -2.06. The standard InChI is InChI=1S/C31H25N3O3S2/c1-21-7-6-10-24(19-21)29-30(38-31(34-29)23-12-14-26(15-13-23)39(2,36)37)25-17-18-32-27(20-25)33-28(35)16-11-22-8-4-3-5-9-22/h3-20H,1-2H3,(H,32,33,35). The number of aromatic nitrogens is 2. The van der Waals surface area contributed by atoms with Gasteiger partial charge < -0.3 is 5.32 Å². The number of sulfone groups is 1. The van der Waals surface area contributed by atoms with Crippen LogP contribution in [0.1, 0.15) is 11.1 Å². The maximum atomic E-state index is 12.6. The van der Waals surface area contributed by atoms with Crippen LogP contribution in [0.5, 0.6) is 0 Å². The van der Waals surface area contributed by atoms with Gasteiger partial charge in [0.25, 0.3) is 0 Å². The molecule has 0 spiro atoms. The molecule has 3 aromatic carbocycles. The van der Waals surface area contributed by atoms with Crippen molar-refractivity contribution in [1.82, 2.24) is 9.97 Å². The Morgan fingerprint density at radius 2 is 1.64 bits per heavy atom. The molecular formula is C31H25N3O3S2. The highest BCUT2D eigenvalue weighted by molar-refractivity contribution is 7.90. The molecule has 5 aromatic rings. The number of carbonyl (C=O) groups is 1. The van der Waals surface area contributed by atoms with Crippen LogP contribution in [-0.2, 0) is 14.6 Å². The van der Waals surface area contributed by atoms with E-state index < -0.39 is 9.84 Å². The second-order valence-corrected chi connectivity index (χ2v) is 12.0. The molecule has 39 heavy (non-hydrogen) atoms. The fourth-order valence-electron chi connectivity index (χ4n) is 4.02. The maximum absolute atomic E-state index is 12.6. The number of anilines is 1. The van der Waals surface area contributed by atoms with Gasteiger partial charge in [0.15, 0.2) is 9.84 Å². The van der Waals surface area contributed by atoms with Crippen molar-refractivity contribution >= 4 is 39.0 Å². The smallest absolute Gasteiger partial charge is 0.249 e. The summed E-state index contributed by atoms with van der Waals surface area (Å²) in [6.07, 6.45) is 6.08.